The van der Waals surface area contributed by atoms with Crippen molar-refractivity contribution in [3.05, 3.63) is 35.5 Å². The zero-order valence-corrected chi connectivity index (χ0v) is 8.11. The van der Waals surface area contributed by atoms with Crippen LogP contribution >= 0.6 is 0 Å². The fourth-order valence-corrected chi connectivity index (χ4v) is 1.84. The Hall–Kier alpha value is -1.77. The van der Waals surface area contributed by atoms with Crippen molar-refractivity contribution in [1.29, 1.82) is 0 Å². The molecule has 1 aromatic heterocycles. The van der Waals surface area contributed by atoms with Crippen LogP contribution in [0.25, 0.3) is 10.9 Å². The van der Waals surface area contributed by atoms with E-state index in [4.69, 9.17) is 5.11 Å². The zero-order chi connectivity index (χ0) is 10.3. The van der Waals surface area contributed by atoms with Crippen molar-refractivity contribution in [2.24, 2.45) is 0 Å². The average molecular weight is 189 g/mol. The van der Waals surface area contributed by atoms with Crippen LogP contribution < -0.4 is 0 Å². The Bertz CT molecular complexity index is 511. The molecule has 2 aromatic rings. The molecular weight excluding hydrogens is 178 g/mol. The van der Waals surface area contributed by atoms with Crippen LogP contribution in [0.5, 0.6) is 0 Å². The molecule has 0 aliphatic rings. The molecule has 0 atom stereocenters. The number of carbonyl (C=O) groups is 1. The van der Waals surface area contributed by atoms with Gasteiger partial charge in [0.05, 0.1) is 5.52 Å². The van der Waals surface area contributed by atoms with E-state index in [1.54, 1.807) is 6.20 Å². The molecule has 0 saturated carbocycles. The number of hydrogen-bond acceptors (Lipinski definition) is 1. The third-order valence-corrected chi connectivity index (χ3v) is 2.32. The molecule has 0 aliphatic carbocycles. The van der Waals surface area contributed by atoms with E-state index >= 15 is 0 Å². The molecule has 3 nitrogen and oxygen atoms in total. The standard InChI is InChI=1S/C11H11NO2/c1-7-5-8(2)10-9(6-7)3-4-12(10)11(13)14/h3-6H,1-2H3,(H,13,14). The van der Waals surface area contributed by atoms with E-state index in [0.717, 1.165) is 22.0 Å². The van der Waals surface area contributed by atoms with Crippen molar-refractivity contribution in [1.82, 2.24) is 4.57 Å². The van der Waals surface area contributed by atoms with Gasteiger partial charge < -0.3 is 5.11 Å². The van der Waals surface area contributed by atoms with E-state index in [0.29, 0.717) is 0 Å². The fraction of sp³-hybridized carbons (Fsp3) is 0.182. The molecule has 2 rings (SSSR count). The number of fused-ring (bicyclic) bond motifs is 1. The molecule has 3 heteroatoms. The van der Waals surface area contributed by atoms with E-state index in [1.165, 1.54) is 4.57 Å². The normalized spacial score (nSPS) is 10.7. The molecule has 0 radical (unpaired) electrons. The van der Waals surface area contributed by atoms with Gasteiger partial charge in [-0.3, -0.25) is 4.57 Å². The summed E-state index contributed by atoms with van der Waals surface area (Å²) in [6, 6.07) is 5.80. The minimum atomic E-state index is -0.938. The van der Waals surface area contributed by atoms with Crippen LogP contribution in [-0.2, 0) is 0 Å². The fourth-order valence-electron chi connectivity index (χ4n) is 1.84. The number of nitrogens with zero attached hydrogens (tertiary/aromatic N) is 1. The molecule has 1 N–H and O–H groups in total. The third-order valence-electron chi connectivity index (χ3n) is 2.32. The van der Waals surface area contributed by atoms with Gasteiger partial charge in [-0.25, -0.2) is 4.79 Å². The highest BCUT2D eigenvalue weighted by molar-refractivity contribution is 5.91. The van der Waals surface area contributed by atoms with Crippen LogP contribution in [0.4, 0.5) is 4.79 Å². The molecule has 0 aliphatic heterocycles. The first-order valence-corrected chi connectivity index (χ1v) is 4.41. The Morgan fingerprint density at radius 1 is 1.36 bits per heavy atom. The van der Waals surface area contributed by atoms with Gasteiger partial charge in [-0.2, -0.15) is 0 Å². The van der Waals surface area contributed by atoms with E-state index < -0.39 is 6.09 Å². The summed E-state index contributed by atoms with van der Waals surface area (Å²) in [5, 5.41) is 9.91. The summed E-state index contributed by atoms with van der Waals surface area (Å²) in [7, 11) is 0. The third kappa shape index (κ3) is 1.18. The van der Waals surface area contributed by atoms with Crippen molar-refractivity contribution in [3.63, 3.8) is 0 Å². The Balaban J connectivity index is 2.85. The Morgan fingerprint density at radius 2 is 2.07 bits per heavy atom. The molecule has 0 bridgehead atoms. The smallest absolute Gasteiger partial charge is 0.416 e. The lowest BCUT2D eigenvalue weighted by Gasteiger charge is -2.03. The summed E-state index contributed by atoms with van der Waals surface area (Å²) < 4.78 is 1.25. The lowest BCUT2D eigenvalue weighted by Crippen LogP contribution is -2.06. The van der Waals surface area contributed by atoms with Crippen LogP contribution in [0.15, 0.2) is 24.4 Å². The number of aryl methyl sites for hydroxylation is 2. The Kier molecular flexibility index (Phi) is 1.81. The van der Waals surface area contributed by atoms with Gasteiger partial charge in [-0.15, -0.1) is 0 Å². The van der Waals surface area contributed by atoms with E-state index in [-0.39, 0.29) is 0 Å². The molecule has 0 fully saturated rings. The number of hydrogen-bond donors (Lipinski definition) is 1. The van der Waals surface area contributed by atoms with Gasteiger partial charge in [-0.05, 0) is 31.5 Å². The molecule has 0 unspecified atom stereocenters. The van der Waals surface area contributed by atoms with E-state index in [9.17, 15) is 4.79 Å². The van der Waals surface area contributed by atoms with Crippen LogP contribution in [0.1, 0.15) is 11.1 Å². The summed E-state index contributed by atoms with van der Waals surface area (Å²) in [4.78, 5) is 10.9. The van der Waals surface area contributed by atoms with Crippen LogP contribution in [0, 0.1) is 13.8 Å². The second-order valence-corrected chi connectivity index (χ2v) is 3.49. The maximum atomic E-state index is 10.9. The largest absolute Gasteiger partial charge is 0.464 e. The van der Waals surface area contributed by atoms with Crippen molar-refractivity contribution in [2.45, 2.75) is 13.8 Å². The van der Waals surface area contributed by atoms with Crippen LogP contribution in [-0.4, -0.2) is 15.8 Å². The summed E-state index contributed by atoms with van der Waals surface area (Å²) in [5.74, 6) is 0. The molecule has 14 heavy (non-hydrogen) atoms. The van der Waals surface area contributed by atoms with Crippen molar-refractivity contribution in [3.8, 4) is 0 Å². The first kappa shape index (κ1) is 8.81. The van der Waals surface area contributed by atoms with Gasteiger partial charge in [0.25, 0.3) is 0 Å². The molecule has 1 heterocycles. The van der Waals surface area contributed by atoms with Crippen LogP contribution in [0.2, 0.25) is 0 Å². The lowest BCUT2D eigenvalue weighted by molar-refractivity contribution is 0.197. The minimum absolute atomic E-state index is 0.781. The lowest BCUT2D eigenvalue weighted by atomic mass is 10.1. The highest BCUT2D eigenvalue weighted by atomic mass is 16.4. The minimum Gasteiger partial charge on any atom is -0.464 e. The second-order valence-electron chi connectivity index (χ2n) is 3.49. The Morgan fingerprint density at radius 3 is 2.71 bits per heavy atom. The van der Waals surface area contributed by atoms with Gasteiger partial charge in [0, 0.05) is 11.6 Å². The van der Waals surface area contributed by atoms with Crippen LogP contribution in [0.3, 0.4) is 0 Å². The van der Waals surface area contributed by atoms with Gasteiger partial charge in [0.2, 0.25) is 0 Å². The number of carboxylic acid groups (broad SMARTS) is 1. The monoisotopic (exact) mass is 189 g/mol. The Labute approximate surface area is 81.6 Å². The average Bonchev–Trinajstić information content (AvgIpc) is 2.47. The molecule has 0 saturated heterocycles. The predicted molar refractivity (Wildman–Crippen MR) is 54.8 cm³/mol. The molecule has 0 spiro atoms. The van der Waals surface area contributed by atoms with Gasteiger partial charge >= 0.3 is 6.09 Å². The highest BCUT2D eigenvalue weighted by Crippen LogP contribution is 2.21. The van der Waals surface area contributed by atoms with Gasteiger partial charge in [0.1, 0.15) is 0 Å². The topological polar surface area (TPSA) is 42.2 Å². The van der Waals surface area contributed by atoms with E-state index in [2.05, 4.69) is 0 Å². The number of rotatable bonds is 0. The van der Waals surface area contributed by atoms with Crippen molar-refractivity contribution in [2.75, 3.05) is 0 Å². The summed E-state index contributed by atoms with van der Waals surface area (Å²) in [6.45, 7) is 3.93. The first-order valence-electron chi connectivity index (χ1n) is 4.41. The van der Waals surface area contributed by atoms with Crippen molar-refractivity contribution >= 4 is 17.0 Å². The first-order chi connectivity index (χ1) is 6.59. The molecular formula is C11H11NO2. The second kappa shape index (κ2) is 2.87. The van der Waals surface area contributed by atoms with E-state index in [1.807, 2.05) is 32.0 Å². The number of aromatic nitrogens is 1. The van der Waals surface area contributed by atoms with Crippen molar-refractivity contribution < 1.29 is 9.90 Å². The quantitative estimate of drug-likeness (QED) is 0.692. The summed E-state index contributed by atoms with van der Waals surface area (Å²) in [5.41, 5.74) is 2.92. The zero-order valence-electron chi connectivity index (χ0n) is 8.11. The summed E-state index contributed by atoms with van der Waals surface area (Å²) >= 11 is 0. The number of benzene rings is 1. The molecule has 0 amide bonds. The SMILES string of the molecule is Cc1cc(C)c2c(ccn2C(=O)O)c1. The predicted octanol–water partition coefficient (Wildman–Crippen LogP) is 2.78. The summed E-state index contributed by atoms with van der Waals surface area (Å²) in [6.07, 6.45) is 0.645. The molecule has 1 aromatic carbocycles. The van der Waals surface area contributed by atoms with Gasteiger partial charge in [0.15, 0.2) is 0 Å². The maximum absolute atomic E-state index is 10.9. The highest BCUT2D eigenvalue weighted by Gasteiger charge is 2.08. The maximum Gasteiger partial charge on any atom is 0.416 e. The van der Waals surface area contributed by atoms with Gasteiger partial charge in [-0.1, -0.05) is 11.6 Å². The molecule has 72 valence electrons.